The first kappa shape index (κ1) is 14.0. The Morgan fingerprint density at radius 2 is 2.17 bits per heavy atom. The largest absolute Gasteiger partial charge is 0.465 e. The molecule has 96 valence electrons. The molecule has 1 rings (SSSR count). The number of hydrogen-bond donors (Lipinski definition) is 0. The highest BCUT2D eigenvalue weighted by atomic mass is 16.5. The monoisotopic (exact) mass is 246 g/mol. The van der Waals surface area contributed by atoms with Crippen molar-refractivity contribution < 1.29 is 9.53 Å². The number of ether oxygens (including phenoxy) is 1. The zero-order valence-electron chi connectivity index (χ0n) is 11.1. The summed E-state index contributed by atoms with van der Waals surface area (Å²) in [5.41, 5.74) is 2.39. The van der Waals surface area contributed by atoms with Crippen LogP contribution in [0.3, 0.4) is 0 Å². The van der Waals surface area contributed by atoms with Crippen molar-refractivity contribution in [2.45, 2.75) is 20.8 Å². The van der Waals surface area contributed by atoms with Gasteiger partial charge in [-0.25, -0.2) is 0 Å². The van der Waals surface area contributed by atoms with Crippen molar-refractivity contribution >= 4 is 11.7 Å². The van der Waals surface area contributed by atoms with Crippen LogP contribution in [0.4, 0.5) is 5.69 Å². The third-order valence-electron chi connectivity index (χ3n) is 2.62. The molecule has 0 atom stereocenters. The molecule has 0 spiro atoms. The number of nitrogens with zero attached hydrogens (tertiary/aromatic N) is 2. The quantitative estimate of drug-likeness (QED) is 0.748. The molecule has 0 aliphatic carbocycles. The van der Waals surface area contributed by atoms with Gasteiger partial charge in [0.25, 0.3) is 0 Å². The molecule has 0 saturated carbocycles. The van der Waals surface area contributed by atoms with Crippen LogP contribution in [-0.2, 0) is 9.53 Å². The number of carbonyl (C=O) groups excluding carboxylic acids is 1. The Morgan fingerprint density at radius 1 is 1.44 bits per heavy atom. The lowest BCUT2D eigenvalue weighted by molar-refractivity contribution is -0.141. The number of anilines is 1. The van der Waals surface area contributed by atoms with E-state index in [0.717, 1.165) is 11.3 Å². The highest BCUT2D eigenvalue weighted by Gasteiger charge is 2.14. The van der Waals surface area contributed by atoms with Crippen LogP contribution in [-0.4, -0.2) is 25.7 Å². The molecule has 0 unspecified atom stereocenters. The number of aryl methyl sites for hydroxylation is 1. The molecular weight excluding hydrogens is 228 g/mol. The lowest BCUT2D eigenvalue weighted by Gasteiger charge is -2.23. The smallest absolute Gasteiger partial charge is 0.325 e. The van der Waals surface area contributed by atoms with Crippen LogP contribution >= 0.6 is 0 Å². The summed E-state index contributed by atoms with van der Waals surface area (Å²) in [6.07, 6.45) is 0. The van der Waals surface area contributed by atoms with E-state index in [-0.39, 0.29) is 12.5 Å². The molecular formula is C14H18N2O2. The molecule has 0 heterocycles. The number of hydrogen-bond acceptors (Lipinski definition) is 4. The minimum Gasteiger partial charge on any atom is -0.465 e. The fourth-order valence-electron chi connectivity index (χ4n) is 1.74. The van der Waals surface area contributed by atoms with Gasteiger partial charge in [-0.2, -0.15) is 5.26 Å². The maximum absolute atomic E-state index is 11.5. The minimum atomic E-state index is -0.274. The van der Waals surface area contributed by atoms with Crippen LogP contribution < -0.4 is 4.90 Å². The lowest BCUT2D eigenvalue weighted by atomic mass is 10.1. The Morgan fingerprint density at radius 3 is 2.72 bits per heavy atom. The Balaban J connectivity index is 2.95. The van der Waals surface area contributed by atoms with Gasteiger partial charge >= 0.3 is 5.97 Å². The average Bonchev–Trinajstić information content (AvgIpc) is 2.36. The first-order valence-corrected chi connectivity index (χ1v) is 6.03. The van der Waals surface area contributed by atoms with E-state index in [2.05, 4.69) is 6.07 Å². The molecule has 0 aliphatic heterocycles. The Hall–Kier alpha value is -2.02. The first-order chi connectivity index (χ1) is 8.62. The van der Waals surface area contributed by atoms with Gasteiger partial charge in [-0.1, -0.05) is 6.07 Å². The average molecular weight is 246 g/mol. The normalized spacial score (nSPS) is 9.67. The van der Waals surface area contributed by atoms with Crippen LogP contribution in [0.5, 0.6) is 0 Å². The maximum atomic E-state index is 11.5. The van der Waals surface area contributed by atoms with Gasteiger partial charge < -0.3 is 9.64 Å². The van der Waals surface area contributed by atoms with Crippen LogP contribution in [0.2, 0.25) is 0 Å². The molecule has 0 fully saturated rings. The summed E-state index contributed by atoms with van der Waals surface area (Å²) >= 11 is 0. The topological polar surface area (TPSA) is 53.3 Å². The van der Waals surface area contributed by atoms with E-state index in [0.29, 0.717) is 18.7 Å². The van der Waals surface area contributed by atoms with E-state index in [9.17, 15) is 4.79 Å². The van der Waals surface area contributed by atoms with Crippen LogP contribution in [0.15, 0.2) is 18.2 Å². The first-order valence-electron chi connectivity index (χ1n) is 6.03. The SMILES string of the molecule is CCOC(=O)CN(CC)c1ccc(C)cc1C#N. The van der Waals surface area contributed by atoms with Gasteiger partial charge in [0.2, 0.25) is 0 Å². The molecule has 4 nitrogen and oxygen atoms in total. The van der Waals surface area contributed by atoms with Crippen molar-refractivity contribution in [3.05, 3.63) is 29.3 Å². The van der Waals surface area contributed by atoms with Crippen molar-refractivity contribution in [3.8, 4) is 6.07 Å². The molecule has 0 aromatic heterocycles. The van der Waals surface area contributed by atoms with E-state index in [1.807, 2.05) is 36.9 Å². The highest BCUT2D eigenvalue weighted by Crippen LogP contribution is 2.21. The second kappa shape index (κ2) is 6.65. The van der Waals surface area contributed by atoms with Gasteiger partial charge in [-0.3, -0.25) is 4.79 Å². The predicted molar refractivity (Wildman–Crippen MR) is 70.4 cm³/mol. The molecule has 1 aromatic rings. The number of rotatable bonds is 5. The van der Waals surface area contributed by atoms with E-state index in [1.165, 1.54) is 0 Å². The third-order valence-corrected chi connectivity index (χ3v) is 2.62. The number of carbonyl (C=O) groups is 1. The summed E-state index contributed by atoms with van der Waals surface area (Å²) in [5, 5.41) is 9.13. The molecule has 0 bridgehead atoms. The summed E-state index contributed by atoms with van der Waals surface area (Å²) in [7, 11) is 0. The second-order valence-electron chi connectivity index (χ2n) is 3.95. The molecule has 18 heavy (non-hydrogen) atoms. The van der Waals surface area contributed by atoms with E-state index < -0.39 is 0 Å². The summed E-state index contributed by atoms with van der Waals surface area (Å²) in [6, 6.07) is 7.79. The fraction of sp³-hybridized carbons (Fsp3) is 0.429. The Kier molecular flexibility index (Phi) is 5.19. The predicted octanol–water partition coefficient (Wildman–Crippen LogP) is 2.26. The summed E-state index contributed by atoms with van der Waals surface area (Å²) in [4.78, 5) is 13.3. The van der Waals surface area contributed by atoms with Gasteiger partial charge in [0.05, 0.1) is 17.9 Å². The van der Waals surface area contributed by atoms with Crippen LogP contribution in [0.1, 0.15) is 25.0 Å². The van der Waals surface area contributed by atoms with Crippen molar-refractivity contribution in [2.75, 3.05) is 24.6 Å². The van der Waals surface area contributed by atoms with Gasteiger partial charge in [0.15, 0.2) is 0 Å². The van der Waals surface area contributed by atoms with Gasteiger partial charge in [0.1, 0.15) is 12.6 Å². The van der Waals surface area contributed by atoms with Crippen molar-refractivity contribution in [3.63, 3.8) is 0 Å². The fourth-order valence-corrected chi connectivity index (χ4v) is 1.74. The van der Waals surface area contributed by atoms with Gasteiger partial charge in [-0.15, -0.1) is 0 Å². The highest BCUT2D eigenvalue weighted by molar-refractivity contribution is 5.77. The molecule has 0 amide bonds. The molecule has 0 radical (unpaired) electrons. The zero-order chi connectivity index (χ0) is 13.5. The number of nitriles is 1. The molecule has 4 heteroatoms. The third kappa shape index (κ3) is 3.49. The Bertz CT molecular complexity index is 463. The van der Waals surface area contributed by atoms with Crippen LogP contribution in [0, 0.1) is 18.3 Å². The van der Waals surface area contributed by atoms with Crippen molar-refractivity contribution in [2.24, 2.45) is 0 Å². The minimum absolute atomic E-state index is 0.169. The molecule has 0 saturated heterocycles. The van der Waals surface area contributed by atoms with E-state index >= 15 is 0 Å². The molecule has 0 N–H and O–H groups in total. The van der Waals surface area contributed by atoms with E-state index in [1.54, 1.807) is 6.92 Å². The van der Waals surface area contributed by atoms with Crippen molar-refractivity contribution in [1.29, 1.82) is 5.26 Å². The second-order valence-corrected chi connectivity index (χ2v) is 3.95. The molecule has 0 aliphatic rings. The summed E-state index contributed by atoms with van der Waals surface area (Å²) in [5.74, 6) is -0.274. The molecule has 1 aromatic carbocycles. The summed E-state index contributed by atoms with van der Waals surface area (Å²) < 4.78 is 4.93. The van der Waals surface area contributed by atoms with Gasteiger partial charge in [0, 0.05) is 6.54 Å². The van der Waals surface area contributed by atoms with Crippen LogP contribution in [0.25, 0.3) is 0 Å². The number of esters is 1. The van der Waals surface area contributed by atoms with Gasteiger partial charge in [-0.05, 0) is 38.5 Å². The van der Waals surface area contributed by atoms with E-state index in [4.69, 9.17) is 10.00 Å². The standard InChI is InChI=1S/C14H18N2O2/c1-4-16(10-14(17)18-5-2)13-7-6-11(3)8-12(13)9-15/h6-8H,4-5,10H2,1-3H3. The number of likely N-dealkylation sites (N-methyl/N-ethyl adjacent to an activating group) is 1. The Labute approximate surface area is 108 Å². The lowest BCUT2D eigenvalue weighted by Crippen LogP contribution is -2.31. The zero-order valence-corrected chi connectivity index (χ0v) is 11.1. The number of benzene rings is 1. The maximum Gasteiger partial charge on any atom is 0.325 e. The van der Waals surface area contributed by atoms with Crippen molar-refractivity contribution in [1.82, 2.24) is 0 Å². The summed E-state index contributed by atoms with van der Waals surface area (Å²) in [6.45, 7) is 6.85.